The lowest BCUT2D eigenvalue weighted by Gasteiger charge is -2.07. The fraction of sp³-hybridized carbons (Fsp3) is 0.188. The van der Waals surface area contributed by atoms with Gasteiger partial charge in [-0.25, -0.2) is 4.98 Å². The minimum atomic E-state index is 0.639. The Morgan fingerprint density at radius 2 is 1.95 bits per heavy atom. The van der Waals surface area contributed by atoms with E-state index in [0.29, 0.717) is 12.4 Å². The third-order valence-corrected chi connectivity index (χ3v) is 3.30. The van der Waals surface area contributed by atoms with Crippen LogP contribution in [0.3, 0.4) is 0 Å². The predicted molar refractivity (Wildman–Crippen MR) is 78.4 cm³/mol. The van der Waals surface area contributed by atoms with Gasteiger partial charge in [0, 0.05) is 23.2 Å². The second-order valence-electron chi connectivity index (χ2n) is 4.54. The highest BCUT2D eigenvalue weighted by molar-refractivity contribution is 5.81. The number of nitrogens with zero attached hydrogens (tertiary/aromatic N) is 2. The summed E-state index contributed by atoms with van der Waals surface area (Å²) in [7, 11) is 3.31. The molecule has 102 valence electrons. The minimum Gasteiger partial charge on any atom is -0.497 e. The molecule has 2 aromatic heterocycles. The van der Waals surface area contributed by atoms with Crippen molar-refractivity contribution < 1.29 is 9.47 Å². The Kier molecular flexibility index (Phi) is 3.29. The summed E-state index contributed by atoms with van der Waals surface area (Å²) in [5.74, 6) is 1.51. The Bertz CT molecular complexity index is 734. The van der Waals surface area contributed by atoms with Crippen molar-refractivity contribution in [3.8, 4) is 11.6 Å². The summed E-state index contributed by atoms with van der Waals surface area (Å²) in [5.41, 5.74) is 2.13. The fourth-order valence-electron chi connectivity index (χ4n) is 2.28. The molecule has 0 fully saturated rings. The third kappa shape index (κ3) is 2.32. The molecule has 1 aromatic carbocycles. The summed E-state index contributed by atoms with van der Waals surface area (Å²) < 4.78 is 12.6. The van der Waals surface area contributed by atoms with Crippen molar-refractivity contribution in [3.05, 3.63) is 54.4 Å². The number of hydrogen-bond donors (Lipinski definition) is 0. The lowest BCUT2D eigenvalue weighted by atomic mass is 10.2. The third-order valence-electron chi connectivity index (χ3n) is 3.30. The van der Waals surface area contributed by atoms with Crippen LogP contribution in [0.5, 0.6) is 11.6 Å². The first-order valence-corrected chi connectivity index (χ1v) is 6.43. The summed E-state index contributed by atoms with van der Waals surface area (Å²) in [4.78, 5) is 4.44. The zero-order chi connectivity index (χ0) is 13.9. The van der Waals surface area contributed by atoms with Gasteiger partial charge in [0.05, 0.1) is 26.5 Å². The molecule has 3 aromatic rings. The smallest absolute Gasteiger partial charge is 0.213 e. The van der Waals surface area contributed by atoms with Gasteiger partial charge in [-0.3, -0.25) is 0 Å². The maximum absolute atomic E-state index is 5.24. The summed E-state index contributed by atoms with van der Waals surface area (Å²) in [5, 5.41) is 1.16. The SMILES string of the molecule is COc1ccc2c(ccn2Cc2cccc(OC)n2)c1. The first kappa shape index (κ1) is 12.5. The lowest BCUT2D eigenvalue weighted by Crippen LogP contribution is -2.01. The average molecular weight is 268 g/mol. The quantitative estimate of drug-likeness (QED) is 0.729. The number of fused-ring (bicyclic) bond motifs is 1. The molecular weight excluding hydrogens is 252 g/mol. The average Bonchev–Trinajstić information content (AvgIpc) is 2.89. The number of aromatic nitrogens is 2. The second-order valence-corrected chi connectivity index (χ2v) is 4.54. The van der Waals surface area contributed by atoms with Crippen LogP contribution in [-0.4, -0.2) is 23.8 Å². The normalized spacial score (nSPS) is 10.7. The summed E-state index contributed by atoms with van der Waals surface area (Å²) in [6.07, 6.45) is 2.06. The topological polar surface area (TPSA) is 36.3 Å². The van der Waals surface area contributed by atoms with E-state index in [-0.39, 0.29) is 0 Å². The molecule has 4 nitrogen and oxygen atoms in total. The maximum atomic E-state index is 5.24. The van der Waals surface area contributed by atoms with Gasteiger partial charge in [0.15, 0.2) is 0 Å². The first-order chi connectivity index (χ1) is 9.80. The summed E-state index contributed by atoms with van der Waals surface area (Å²) in [6.45, 7) is 0.715. The molecule has 0 spiro atoms. The van der Waals surface area contributed by atoms with E-state index in [1.54, 1.807) is 14.2 Å². The molecule has 0 amide bonds. The number of benzene rings is 1. The lowest BCUT2D eigenvalue weighted by molar-refractivity contribution is 0.396. The van der Waals surface area contributed by atoms with E-state index in [4.69, 9.17) is 9.47 Å². The number of methoxy groups -OCH3 is 2. The highest BCUT2D eigenvalue weighted by Gasteiger charge is 2.04. The monoisotopic (exact) mass is 268 g/mol. The van der Waals surface area contributed by atoms with E-state index in [2.05, 4.69) is 27.9 Å². The van der Waals surface area contributed by atoms with Gasteiger partial charge < -0.3 is 14.0 Å². The molecule has 0 atom stereocenters. The molecule has 0 aliphatic rings. The van der Waals surface area contributed by atoms with Crippen LogP contribution >= 0.6 is 0 Å². The van der Waals surface area contributed by atoms with Gasteiger partial charge in [0.25, 0.3) is 0 Å². The summed E-state index contributed by atoms with van der Waals surface area (Å²) >= 11 is 0. The molecule has 2 heterocycles. The van der Waals surface area contributed by atoms with E-state index in [9.17, 15) is 0 Å². The Labute approximate surface area is 117 Å². The molecule has 0 aliphatic carbocycles. The molecule has 0 N–H and O–H groups in total. The van der Waals surface area contributed by atoms with E-state index >= 15 is 0 Å². The van der Waals surface area contributed by atoms with E-state index < -0.39 is 0 Å². The number of pyridine rings is 1. The van der Waals surface area contributed by atoms with Crippen molar-refractivity contribution in [2.45, 2.75) is 6.54 Å². The van der Waals surface area contributed by atoms with Crippen LogP contribution < -0.4 is 9.47 Å². The maximum Gasteiger partial charge on any atom is 0.213 e. The van der Waals surface area contributed by atoms with E-state index in [1.165, 1.54) is 0 Å². The van der Waals surface area contributed by atoms with Gasteiger partial charge in [0.1, 0.15) is 5.75 Å². The van der Waals surface area contributed by atoms with Crippen molar-refractivity contribution in [2.75, 3.05) is 14.2 Å². The fourth-order valence-corrected chi connectivity index (χ4v) is 2.28. The van der Waals surface area contributed by atoms with Crippen molar-refractivity contribution in [1.29, 1.82) is 0 Å². The zero-order valence-corrected chi connectivity index (χ0v) is 11.5. The van der Waals surface area contributed by atoms with Crippen LogP contribution in [0.1, 0.15) is 5.69 Å². The van der Waals surface area contributed by atoms with Crippen molar-refractivity contribution >= 4 is 10.9 Å². The molecule has 4 heteroatoms. The van der Waals surface area contributed by atoms with Gasteiger partial charge >= 0.3 is 0 Å². The first-order valence-electron chi connectivity index (χ1n) is 6.43. The highest BCUT2D eigenvalue weighted by Crippen LogP contribution is 2.22. The van der Waals surface area contributed by atoms with Crippen LogP contribution in [0.2, 0.25) is 0 Å². The van der Waals surface area contributed by atoms with Gasteiger partial charge in [-0.2, -0.15) is 0 Å². The Hall–Kier alpha value is -2.49. The van der Waals surface area contributed by atoms with Crippen LogP contribution in [0.4, 0.5) is 0 Å². The number of hydrogen-bond acceptors (Lipinski definition) is 3. The molecular formula is C16H16N2O2. The van der Waals surface area contributed by atoms with Crippen LogP contribution in [-0.2, 0) is 6.54 Å². The molecule has 0 aliphatic heterocycles. The Balaban J connectivity index is 1.94. The van der Waals surface area contributed by atoms with Crippen LogP contribution in [0.15, 0.2) is 48.7 Å². The Morgan fingerprint density at radius 1 is 1.05 bits per heavy atom. The molecule has 0 saturated carbocycles. The van der Waals surface area contributed by atoms with Crippen LogP contribution in [0.25, 0.3) is 10.9 Å². The molecule has 0 radical (unpaired) electrons. The molecule has 0 bridgehead atoms. The minimum absolute atomic E-state index is 0.639. The molecule has 20 heavy (non-hydrogen) atoms. The van der Waals surface area contributed by atoms with Gasteiger partial charge in [-0.15, -0.1) is 0 Å². The van der Waals surface area contributed by atoms with Crippen LogP contribution in [0, 0.1) is 0 Å². The van der Waals surface area contributed by atoms with E-state index in [0.717, 1.165) is 22.3 Å². The molecule has 0 saturated heterocycles. The van der Waals surface area contributed by atoms with Gasteiger partial charge in [-0.05, 0) is 30.3 Å². The van der Waals surface area contributed by atoms with Crippen molar-refractivity contribution in [2.24, 2.45) is 0 Å². The Morgan fingerprint density at radius 3 is 2.75 bits per heavy atom. The second kappa shape index (κ2) is 5.25. The molecule has 3 rings (SSSR count). The standard InChI is InChI=1S/C16H16N2O2/c1-19-14-6-7-15-12(10-14)8-9-18(15)11-13-4-3-5-16(17-13)20-2/h3-10H,11H2,1-2H3. The zero-order valence-electron chi connectivity index (χ0n) is 11.5. The number of rotatable bonds is 4. The molecule has 0 unspecified atom stereocenters. The van der Waals surface area contributed by atoms with Gasteiger partial charge in [0.2, 0.25) is 5.88 Å². The predicted octanol–water partition coefficient (Wildman–Crippen LogP) is 3.10. The number of ether oxygens (including phenoxy) is 2. The van der Waals surface area contributed by atoms with E-state index in [1.807, 2.05) is 30.3 Å². The van der Waals surface area contributed by atoms with Crippen molar-refractivity contribution in [3.63, 3.8) is 0 Å². The largest absolute Gasteiger partial charge is 0.497 e. The van der Waals surface area contributed by atoms with Gasteiger partial charge in [-0.1, -0.05) is 6.07 Å². The summed E-state index contributed by atoms with van der Waals surface area (Å²) in [6, 6.07) is 13.9. The highest BCUT2D eigenvalue weighted by atomic mass is 16.5. The van der Waals surface area contributed by atoms with Crippen molar-refractivity contribution in [1.82, 2.24) is 9.55 Å².